The predicted molar refractivity (Wildman–Crippen MR) is 236 cm³/mol. The van der Waals surface area contributed by atoms with Crippen LogP contribution >= 0.6 is 0 Å². The zero-order valence-electron chi connectivity index (χ0n) is 37.7. The van der Waals surface area contributed by atoms with Gasteiger partial charge in [-0.25, -0.2) is 4.79 Å². The van der Waals surface area contributed by atoms with Crippen LogP contribution in [0.15, 0.2) is 0 Å². The van der Waals surface area contributed by atoms with Crippen LogP contribution in [0.25, 0.3) is 0 Å². The molecule has 0 fully saturated rings. The third-order valence-electron chi connectivity index (χ3n) is 11.1. The van der Waals surface area contributed by atoms with E-state index in [1.807, 2.05) is 0 Å². The van der Waals surface area contributed by atoms with E-state index in [-0.39, 0.29) is 51.3 Å². The third kappa shape index (κ3) is 33.6. The van der Waals surface area contributed by atoms with Gasteiger partial charge in [-0.3, -0.25) is 14.4 Å². The molecule has 0 spiro atoms. The Balaban J connectivity index is 4.95. The maximum atomic E-state index is 13.5. The van der Waals surface area contributed by atoms with Crippen LogP contribution in [0.5, 0.6) is 0 Å². The summed E-state index contributed by atoms with van der Waals surface area (Å²) in [6.07, 6.45) is 31.3. The normalized spacial score (nSPS) is 12.9. The third-order valence-corrected chi connectivity index (χ3v) is 11.1. The number of carbonyl (C=O) groups excluding carboxylic acids is 4. The van der Waals surface area contributed by atoms with E-state index in [2.05, 4.69) is 31.4 Å². The number of aliphatic hydroxyl groups excluding tert-OH is 3. The van der Waals surface area contributed by atoms with Gasteiger partial charge < -0.3 is 30.8 Å². The average molecular weight is 826 g/mol. The Kier molecular flexibility index (Phi) is 39.9. The molecule has 11 nitrogen and oxygen atoms in total. The molecule has 0 saturated carbocycles. The van der Waals surface area contributed by atoms with Gasteiger partial charge in [0.2, 0.25) is 11.8 Å². The quantitative estimate of drug-likeness (QED) is 0.0300. The van der Waals surface area contributed by atoms with Crippen molar-refractivity contribution in [3.05, 3.63) is 0 Å². The van der Waals surface area contributed by atoms with Gasteiger partial charge in [0.05, 0.1) is 25.2 Å². The first-order chi connectivity index (χ1) is 28.2. The van der Waals surface area contributed by atoms with Crippen molar-refractivity contribution in [3.8, 4) is 0 Å². The lowest BCUT2D eigenvalue weighted by Gasteiger charge is -2.29. The van der Waals surface area contributed by atoms with Gasteiger partial charge in [-0.1, -0.05) is 181 Å². The molecule has 0 unspecified atom stereocenters. The summed E-state index contributed by atoms with van der Waals surface area (Å²) in [5, 5.41) is 36.7. The SMILES string of the molecule is CCCCCCCCCCCCCC(=O)N(OC(=O)CCCCCCCCC)[C@@H](CCO)C(=O)NCCC[C@H](CO)NC(=O)C[C@H](O)CCCCCCCCCCC. The summed E-state index contributed by atoms with van der Waals surface area (Å²) < 4.78 is 0. The van der Waals surface area contributed by atoms with Gasteiger partial charge in [-0.15, -0.1) is 0 Å². The molecular weight excluding hydrogens is 735 g/mol. The first-order valence-electron chi connectivity index (χ1n) is 24.2. The van der Waals surface area contributed by atoms with Crippen molar-refractivity contribution >= 4 is 23.7 Å². The lowest BCUT2D eigenvalue weighted by Crippen LogP contribution is -2.51. The molecule has 0 aromatic carbocycles. The molecule has 0 aliphatic heterocycles. The molecule has 0 aromatic rings. The first-order valence-corrected chi connectivity index (χ1v) is 24.2. The number of hydrogen-bond acceptors (Lipinski definition) is 8. The lowest BCUT2D eigenvalue weighted by atomic mass is 10.0. The van der Waals surface area contributed by atoms with E-state index in [1.54, 1.807) is 0 Å². The zero-order chi connectivity index (χ0) is 42.9. The molecule has 0 radical (unpaired) electrons. The molecule has 0 aliphatic rings. The van der Waals surface area contributed by atoms with Crippen molar-refractivity contribution in [2.45, 2.75) is 257 Å². The van der Waals surface area contributed by atoms with Gasteiger partial charge in [0, 0.05) is 32.4 Å². The maximum absolute atomic E-state index is 13.5. The minimum Gasteiger partial charge on any atom is -0.396 e. The van der Waals surface area contributed by atoms with Crippen LogP contribution in [0.4, 0.5) is 0 Å². The predicted octanol–water partition coefficient (Wildman–Crippen LogP) is 9.91. The van der Waals surface area contributed by atoms with Gasteiger partial charge >= 0.3 is 5.97 Å². The smallest absolute Gasteiger partial charge is 0.332 e. The summed E-state index contributed by atoms with van der Waals surface area (Å²) in [7, 11) is 0. The van der Waals surface area contributed by atoms with E-state index in [9.17, 15) is 34.5 Å². The molecule has 5 N–H and O–H groups in total. The van der Waals surface area contributed by atoms with Crippen LogP contribution in [0.3, 0.4) is 0 Å². The van der Waals surface area contributed by atoms with Crippen LogP contribution in [0.1, 0.15) is 239 Å². The Bertz CT molecular complexity index is 984. The second kappa shape index (κ2) is 41.5. The number of hydroxylamine groups is 2. The molecule has 0 aromatic heterocycles. The first kappa shape index (κ1) is 55.8. The van der Waals surface area contributed by atoms with Gasteiger partial charge in [0.25, 0.3) is 5.91 Å². The molecule has 3 atom stereocenters. The number of carbonyl (C=O) groups is 4. The fourth-order valence-electron chi connectivity index (χ4n) is 7.38. The molecule has 0 saturated heterocycles. The summed E-state index contributed by atoms with van der Waals surface area (Å²) in [6.45, 7) is 6.16. The number of rotatable bonds is 42. The Hall–Kier alpha value is -2.24. The van der Waals surface area contributed by atoms with Crippen molar-refractivity contribution in [1.29, 1.82) is 0 Å². The number of amides is 3. The summed E-state index contributed by atoms with van der Waals surface area (Å²) >= 11 is 0. The van der Waals surface area contributed by atoms with Gasteiger partial charge in [0.15, 0.2) is 6.04 Å². The molecule has 0 bridgehead atoms. The zero-order valence-corrected chi connectivity index (χ0v) is 37.7. The monoisotopic (exact) mass is 826 g/mol. The van der Waals surface area contributed by atoms with E-state index in [0.29, 0.717) is 32.1 Å². The van der Waals surface area contributed by atoms with Gasteiger partial charge in [0.1, 0.15) is 0 Å². The second-order valence-corrected chi connectivity index (χ2v) is 16.7. The number of aliphatic hydroxyl groups is 3. The van der Waals surface area contributed by atoms with Crippen LogP contribution in [-0.4, -0.2) is 82.0 Å². The lowest BCUT2D eigenvalue weighted by molar-refractivity contribution is -0.209. The standard InChI is InChI=1S/C47H91N3O8/c1-4-7-10-13-16-18-19-21-24-26-29-34-45(55)50(58-46(56)35-30-27-22-15-12-9-6-3)43(36-38-51)47(57)48-37-31-32-41(40-52)49-44(54)39-42(53)33-28-25-23-20-17-14-11-8-5-2/h41-43,51-53H,4-40H2,1-3H3,(H,48,57)(H,49,54)/t41-,42-,43+/m1/s1. The molecule has 342 valence electrons. The fraction of sp³-hybridized carbons (Fsp3) is 0.915. The number of nitrogens with one attached hydrogen (secondary N) is 2. The summed E-state index contributed by atoms with van der Waals surface area (Å²) in [5.74, 6) is -1.86. The van der Waals surface area contributed by atoms with E-state index >= 15 is 0 Å². The molecule has 0 heterocycles. The molecule has 3 amide bonds. The van der Waals surface area contributed by atoms with Crippen molar-refractivity contribution in [2.24, 2.45) is 0 Å². The van der Waals surface area contributed by atoms with Gasteiger partial charge in [-0.05, 0) is 32.1 Å². The highest BCUT2D eigenvalue weighted by Crippen LogP contribution is 2.17. The highest BCUT2D eigenvalue weighted by atomic mass is 16.7. The van der Waals surface area contributed by atoms with Crippen LogP contribution < -0.4 is 10.6 Å². The highest BCUT2D eigenvalue weighted by Gasteiger charge is 2.33. The van der Waals surface area contributed by atoms with E-state index < -0.39 is 36.0 Å². The Morgan fingerprint density at radius 1 is 0.552 bits per heavy atom. The minimum atomic E-state index is -1.18. The van der Waals surface area contributed by atoms with Crippen molar-refractivity contribution in [1.82, 2.24) is 15.7 Å². The Labute approximate surface area is 354 Å². The average Bonchev–Trinajstić information content (AvgIpc) is 3.21. The number of unbranched alkanes of at least 4 members (excludes halogenated alkanes) is 24. The minimum absolute atomic E-state index is 0.0200. The molecule has 11 heteroatoms. The van der Waals surface area contributed by atoms with E-state index in [1.165, 1.54) is 103 Å². The number of hydrogen-bond donors (Lipinski definition) is 5. The Morgan fingerprint density at radius 2 is 1.00 bits per heavy atom. The topological polar surface area (TPSA) is 165 Å². The molecule has 0 rings (SSSR count). The van der Waals surface area contributed by atoms with E-state index in [0.717, 1.165) is 62.9 Å². The van der Waals surface area contributed by atoms with Crippen molar-refractivity contribution < 1.29 is 39.3 Å². The summed E-state index contributed by atoms with van der Waals surface area (Å²) in [6, 6.07) is -1.71. The summed E-state index contributed by atoms with van der Waals surface area (Å²) in [4.78, 5) is 58.1. The number of nitrogens with zero attached hydrogens (tertiary/aromatic N) is 1. The van der Waals surface area contributed by atoms with Crippen LogP contribution in [0, 0.1) is 0 Å². The van der Waals surface area contributed by atoms with Crippen molar-refractivity contribution in [2.75, 3.05) is 19.8 Å². The van der Waals surface area contributed by atoms with Crippen molar-refractivity contribution in [3.63, 3.8) is 0 Å². The van der Waals surface area contributed by atoms with Gasteiger partial charge in [-0.2, -0.15) is 5.06 Å². The van der Waals surface area contributed by atoms with E-state index in [4.69, 9.17) is 4.84 Å². The molecule has 0 aliphatic carbocycles. The largest absolute Gasteiger partial charge is 0.396 e. The highest BCUT2D eigenvalue weighted by molar-refractivity contribution is 5.88. The summed E-state index contributed by atoms with van der Waals surface area (Å²) in [5.41, 5.74) is 0. The van der Waals surface area contributed by atoms with Crippen LogP contribution in [-0.2, 0) is 24.0 Å². The molecular formula is C47H91N3O8. The fourth-order valence-corrected chi connectivity index (χ4v) is 7.38. The second-order valence-electron chi connectivity index (χ2n) is 16.7. The van der Waals surface area contributed by atoms with Crippen LogP contribution in [0.2, 0.25) is 0 Å². The molecule has 58 heavy (non-hydrogen) atoms. The Morgan fingerprint density at radius 3 is 1.47 bits per heavy atom. The maximum Gasteiger partial charge on any atom is 0.332 e.